The molecule has 3 nitrogen and oxygen atoms in total. The fourth-order valence-electron chi connectivity index (χ4n) is 2.22. The summed E-state index contributed by atoms with van der Waals surface area (Å²) in [6, 6.07) is 1.43. The maximum absolute atomic E-state index is 13.8. The number of halogens is 1. The largest absolute Gasteiger partial charge is 0.385 e. The number of pyridine rings is 1. The molecule has 0 aliphatic carbocycles. The number of hydrogen-bond acceptors (Lipinski definition) is 2. The zero-order valence-electron chi connectivity index (χ0n) is 10.9. The summed E-state index contributed by atoms with van der Waals surface area (Å²) in [4.78, 5) is 4.30. The van der Waals surface area contributed by atoms with Gasteiger partial charge in [-0.25, -0.2) is 9.37 Å². The molecule has 0 saturated heterocycles. The third kappa shape index (κ3) is 2.53. The first-order valence-electron chi connectivity index (χ1n) is 6.39. The summed E-state index contributed by atoms with van der Waals surface area (Å²) in [7, 11) is 1.71. The fraction of sp³-hybridized carbons (Fsp3) is 0.500. The summed E-state index contributed by atoms with van der Waals surface area (Å²) in [5.41, 5.74) is 1.78. The van der Waals surface area contributed by atoms with E-state index in [1.54, 1.807) is 7.11 Å². The van der Waals surface area contributed by atoms with Crippen molar-refractivity contribution in [3.63, 3.8) is 0 Å². The Morgan fingerprint density at radius 1 is 1.39 bits per heavy atom. The van der Waals surface area contributed by atoms with Crippen LogP contribution in [0.15, 0.2) is 18.5 Å². The molecule has 98 valence electrons. The van der Waals surface area contributed by atoms with E-state index < -0.39 is 0 Å². The summed E-state index contributed by atoms with van der Waals surface area (Å²) >= 11 is 0. The molecule has 2 rings (SSSR count). The van der Waals surface area contributed by atoms with Crippen molar-refractivity contribution in [1.82, 2.24) is 9.55 Å². The van der Waals surface area contributed by atoms with Gasteiger partial charge in [-0.15, -0.1) is 0 Å². The minimum absolute atomic E-state index is 0.174. The lowest BCUT2D eigenvalue weighted by molar-refractivity contribution is 0.191. The maximum Gasteiger partial charge on any atom is 0.143 e. The van der Waals surface area contributed by atoms with Crippen molar-refractivity contribution >= 4 is 11.0 Å². The zero-order chi connectivity index (χ0) is 13.0. The molecule has 0 aliphatic rings. The average molecular weight is 250 g/mol. The van der Waals surface area contributed by atoms with E-state index in [0.717, 1.165) is 43.6 Å². The second-order valence-corrected chi connectivity index (χ2v) is 4.39. The van der Waals surface area contributed by atoms with Crippen LogP contribution in [0.3, 0.4) is 0 Å². The predicted molar refractivity (Wildman–Crippen MR) is 70.2 cm³/mol. The lowest BCUT2D eigenvalue weighted by atomic mass is 10.2. The second-order valence-electron chi connectivity index (χ2n) is 4.39. The fourth-order valence-corrected chi connectivity index (χ4v) is 2.22. The zero-order valence-corrected chi connectivity index (χ0v) is 10.9. The van der Waals surface area contributed by atoms with Gasteiger partial charge in [-0.1, -0.05) is 6.92 Å². The van der Waals surface area contributed by atoms with Crippen LogP contribution in [0.5, 0.6) is 0 Å². The average Bonchev–Trinajstić information content (AvgIpc) is 2.74. The van der Waals surface area contributed by atoms with Crippen molar-refractivity contribution in [2.45, 2.75) is 32.7 Å². The first-order valence-corrected chi connectivity index (χ1v) is 6.39. The highest BCUT2D eigenvalue weighted by Crippen LogP contribution is 2.23. The molecule has 0 bridgehead atoms. The number of nitrogens with zero attached hydrogens (tertiary/aromatic N) is 2. The van der Waals surface area contributed by atoms with Gasteiger partial charge in [-0.3, -0.25) is 0 Å². The maximum atomic E-state index is 13.8. The molecule has 2 aromatic rings. The molecule has 0 fully saturated rings. The third-order valence-corrected chi connectivity index (χ3v) is 3.16. The molecule has 0 saturated carbocycles. The summed E-state index contributed by atoms with van der Waals surface area (Å²) in [5, 5.41) is 0.673. The molecule has 0 atom stereocenters. The number of aromatic nitrogens is 2. The van der Waals surface area contributed by atoms with E-state index in [1.807, 2.05) is 17.7 Å². The van der Waals surface area contributed by atoms with Crippen LogP contribution in [0, 0.1) is 5.82 Å². The molecule has 0 aromatic carbocycles. The lowest BCUT2D eigenvalue weighted by Crippen LogP contribution is -1.99. The van der Waals surface area contributed by atoms with Crippen LogP contribution in [-0.2, 0) is 17.7 Å². The molecule has 2 heterocycles. The van der Waals surface area contributed by atoms with Crippen molar-refractivity contribution in [1.29, 1.82) is 0 Å². The molecule has 0 aliphatic heterocycles. The molecule has 2 aromatic heterocycles. The molecule has 18 heavy (non-hydrogen) atoms. The Bertz CT molecular complexity index is 522. The molecule has 0 N–H and O–H groups in total. The van der Waals surface area contributed by atoms with Gasteiger partial charge in [0, 0.05) is 32.7 Å². The normalized spacial score (nSPS) is 11.3. The number of hydrogen-bond donors (Lipinski definition) is 0. The number of unbranched alkanes of at least 4 members (excludes halogenated alkanes) is 1. The van der Waals surface area contributed by atoms with Gasteiger partial charge in [0.2, 0.25) is 0 Å². The van der Waals surface area contributed by atoms with Crippen LogP contribution >= 0.6 is 0 Å². The Morgan fingerprint density at radius 2 is 2.22 bits per heavy atom. The molecular formula is C14H19FN2O. The van der Waals surface area contributed by atoms with Crippen LogP contribution in [0.2, 0.25) is 0 Å². The van der Waals surface area contributed by atoms with Crippen LogP contribution in [0.1, 0.15) is 25.3 Å². The Balaban J connectivity index is 2.25. The van der Waals surface area contributed by atoms with Crippen molar-refractivity contribution in [3.05, 3.63) is 29.8 Å². The predicted octanol–water partition coefficient (Wildman–Crippen LogP) is 3.16. The van der Waals surface area contributed by atoms with Crippen molar-refractivity contribution < 1.29 is 9.13 Å². The molecule has 0 unspecified atom stereocenters. The molecule has 4 heteroatoms. The van der Waals surface area contributed by atoms with Gasteiger partial charge in [0.25, 0.3) is 0 Å². The number of aryl methyl sites for hydroxylation is 2. The minimum atomic E-state index is -0.174. The topological polar surface area (TPSA) is 27.1 Å². The molecule has 0 radical (unpaired) electrons. The Kier molecular flexibility index (Phi) is 4.31. The second kappa shape index (κ2) is 5.96. The highest BCUT2D eigenvalue weighted by atomic mass is 19.1. The van der Waals surface area contributed by atoms with E-state index in [9.17, 15) is 4.39 Å². The number of rotatable bonds is 6. The summed E-state index contributed by atoms with van der Waals surface area (Å²) in [6.45, 7) is 3.66. The quantitative estimate of drug-likeness (QED) is 0.736. The van der Waals surface area contributed by atoms with Crippen LogP contribution in [0.25, 0.3) is 11.0 Å². The Hall–Kier alpha value is -1.42. The van der Waals surface area contributed by atoms with E-state index in [0.29, 0.717) is 5.39 Å². The highest BCUT2D eigenvalue weighted by Gasteiger charge is 2.12. The first-order chi connectivity index (χ1) is 8.77. The monoisotopic (exact) mass is 250 g/mol. The van der Waals surface area contributed by atoms with Gasteiger partial charge >= 0.3 is 0 Å². The summed E-state index contributed by atoms with van der Waals surface area (Å²) < 4.78 is 20.9. The SMILES string of the molecule is CCc1cn(CCCCOC)c2nccc(F)c12. The smallest absolute Gasteiger partial charge is 0.143 e. The van der Waals surface area contributed by atoms with Crippen molar-refractivity contribution in [2.24, 2.45) is 0 Å². The van der Waals surface area contributed by atoms with Crippen molar-refractivity contribution in [3.8, 4) is 0 Å². The van der Waals surface area contributed by atoms with E-state index >= 15 is 0 Å². The van der Waals surface area contributed by atoms with Gasteiger partial charge < -0.3 is 9.30 Å². The van der Waals surface area contributed by atoms with Crippen LogP contribution in [-0.4, -0.2) is 23.3 Å². The standard InChI is InChI=1S/C14H19FN2O/c1-3-11-10-17(8-4-5-9-18-2)14-13(11)12(15)6-7-16-14/h6-7,10H,3-5,8-9H2,1-2H3. The van der Waals surface area contributed by atoms with Gasteiger partial charge in [0.05, 0.1) is 5.39 Å². The summed E-state index contributed by atoms with van der Waals surface area (Å²) in [5.74, 6) is -0.174. The Labute approximate surface area is 107 Å². The van der Waals surface area contributed by atoms with Gasteiger partial charge in [-0.2, -0.15) is 0 Å². The minimum Gasteiger partial charge on any atom is -0.385 e. The van der Waals surface area contributed by atoms with Crippen LogP contribution < -0.4 is 0 Å². The first kappa shape index (κ1) is 13.0. The van der Waals surface area contributed by atoms with E-state index in [-0.39, 0.29) is 5.82 Å². The van der Waals surface area contributed by atoms with E-state index in [2.05, 4.69) is 4.98 Å². The number of fused-ring (bicyclic) bond motifs is 1. The third-order valence-electron chi connectivity index (χ3n) is 3.16. The van der Waals surface area contributed by atoms with Gasteiger partial charge in [-0.05, 0) is 30.9 Å². The van der Waals surface area contributed by atoms with E-state index in [1.165, 1.54) is 12.3 Å². The number of methoxy groups -OCH3 is 1. The molecule has 0 spiro atoms. The lowest BCUT2D eigenvalue weighted by Gasteiger charge is -2.04. The summed E-state index contributed by atoms with van der Waals surface area (Å²) in [6.07, 6.45) is 6.40. The Morgan fingerprint density at radius 3 is 2.94 bits per heavy atom. The van der Waals surface area contributed by atoms with Gasteiger partial charge in [0.15, 0.2) is 0 Å². The highest BCUT2D eigenvalue weighted by molar-refractivity contribution is 5.81. The van der Waals surface area contributed by atoms with Crippen molar-refractivity contribution in [2.75, 3.05) is 13.7 Å². The van der Waals surface area contributed by atoms with Crippen LogP contribution in [0.4, 0.5) is 4.39 Å². The molecule has 0 amide bonds. The van der Waals surface area contributed by atoms with E-state index in [4.69, 9.17) is 4.74 Å². The molecular weight excluding hydrogens is 231 g/mol. The van der Waals surface area contributed by atoms with Gasteiger partial charge in [0.1, 0.15) is 11.5 Å². The number of ether oxygens (including phenoxy) is 1.